The fraction of sp³-hybridized carbons (Fsp3) is 0.417. The van der Waals surface area contributed by atoms with Gasteiger partial charge in [-0.1, -0.05) is 29.3 Å². The van der Waals surface area contributed by atoms with Crippen LogP contribution in [0.4, 0.5) is 5.69 Å². The Morgan fingerprint density at radius 3 is 2.75 bits per heavy atom. The molecule has 3 N–H and O–H groups in total. The lowest BCUT2D eigenvalue weighted by molar-refractivity contribution is 0.766. The van der Waals surface area contributed by atoms with Crippen LogP contribution in [0, 0.1) is 5.41 Å². The number of unbranched alkanes of at least 4 members (excludes halogenated alkanes) is 1. The van der Waals surface area contributed by atoms with Crippen molar-refractivity contribution in [3.63, 3.8) is 0 Å². The SMILES string of the molecule is CCCCN(C)c1ccc(Br)cc1C(=N)N. The monoisotopic (exact) mass is 283 g/mol. The van der Waals surface area contributed by atoms with Gasteiger partial charge in [0.15, 0.2) is 0 Å². The summed E-state index contributed by atoms with van der Waals surface area (Å²) in [6.45, 7) is 3.15. The van der Waals surface area contributed by atoms with E-state index in [0.717, 1.165) is 35.1 Å². The molecule has 0 unspecified atom stereocenters. The smallest absolute Gasteiger partial charge is 0.124 e. The average Bonchev–Trinajstić information content (AvgIpc) is 2.25. The zero-order valence-electron chi connectivity index (χ0n) is 9.76. The molecule has 0 heterocycles. The zero-order valence-corrected chi connectivity index (χ0v) is 11.3. The van der Waals surface area contributed by atoms with Crippen molar-refractivity contribution in [1.82, 2.24) is 0 Å². The lowest BCUT2D eigenvalue weighted by Gasteiger charge is -2.22. The highest BCUT2D eigenvalue weighted by molar-refractivity contribution is 9.10. The average molecular weight is 284 g/mol. The second-order valence-corrected chi connectivity index (χ2v) is 4.77. The van der Waals surface area contributed by atoms with Gasteiger partial charge in [0.05, 0.1) is 0 Å². The third-order valence-electron chi connectivity index (χ3n) is 2.51. The number of rotatable bonds is 5. The Hall–Kier alpha value is -1.03. The molecule has 0 atom stereocenters. The van der Waals surface area contributed by atoms with Gasteiger partial charge >= 0.3 is 0 Å². The third kappa shape index (κ3) is 3.23. The molecule has 0 aromatic heterocycles. The molecule has 0 aliphatic rings. The summed E-state index contributed by atoms with van der Waals surface area (Å²) in [6.07, 6.45) is 2.31. The van der Waals surface area contributed by atoms with Gasteiger partial charge in [0.2, 0.25) is 0 Å². The molecule has 0 saturated carbocycles. The molecule has 0 saturated heterocycles. The van der Waals surface area contributed by atoms with Gasteiger partial charge in [0.1, 0.15) is 5.84 Å². The molecule has 0 fully saturated rings. The number of nitrogen functional groups attached to an aromatic ring is 1. The maximum atomic E-state index is 7.57. The molecule has 88 valence electrons. The Balaban J connectivity index is 2.98. The van der Waals surface area contributed by atoms with E-state index in [-0.39, 0.29) is 5.84 Å². The predicted molar refractivity (Wildman–Crippen MR) is 73.3 cm³/mol. The summed E-state index contributed by atoms with van der Waals surface area (Å²) >= 11 is 3.40. The van der Waals surface area contributed by atoms with Gasteiger partial charge in [0.25, 0.3) is 0 Å². The van der Waals surface area contributed by atoms with E-state index in [4.69, 9.17) is 11.1 Å². The van der Waals surface area contributed by atoms with Crippen molar-refractivity contribution in [2.45, 2.75) is 19.8 Å². The van der Waals surface area contributed by atoms with E-state index in [0.29, 0.717) is 0 Å². The number of hydrogen-bond acceptors (Lipinski definition) is 2. The summed E-state index contributed by atoms with van der Waals surface area (Å²) in [6, 6.07) is 5.86. The first-order valence-electron chi connectivity index (χ1n) is 5.41. The normalized spacial score (nSPS) is 10.2. The van der Waals surface area contributed by atoms with Crippen LogP contribution < -0.4 is 10.6 Å². The highest BCUT2D eigenvalue weighted by atomic mass is 79.9. The van der Waals surface area contributed by atoms with E-state index in [1.54, 1.807) is 0 Å². The first-order valence-corrected chi connectivity index (χ1v) is 6.20. The number of amidine groups is 1. The summed E-state index contributed by atoms with van der Waals surface area (Å²) in [4.78, 5) is 2.15. The predicted octanol–water partition coefficient (Wildman–Crippen LogP) is 2.97. The number of nitrogens with zero attached hydrogens (tertiary/aromatic N) is 1. The summed E-state index contributed by atoms with van der Waals surface area (Å²) < 4.78 is 0.949. The molecule has 1 aromatic carbocycles. The summed E-state index contributed by atoms with van der Waals surface area (Å²) in [5.41, 5.74) is 7.39. The maximum Gasteiger partial charge on any atom is 0.124 e. The van der Waals surface area contributed by atoms with Crippen LogP contribution in [0.1, 0.15) is 25.3 Å². The molecule has 0 aliphatic carbocycles. The van der Waals surface area contributed by atoms with Crippen LogP contribution in [0.15, 0.2) is 22.7 Å². The Morgan fingerprint density at radius 1 is 1.50 bits per heavy atom. The van der Waals surface area contributed by atoms with Crippen LogP contribution in [0.2, 0.25) is 0 Å². The van der Waals surface area contributed by atoms with Gasteiger partial charge in [0, 0.05) is 29.3 Å². The topological polar surface area (TPSA) is 53.1 Å². The van der Waals surface area contributed by atoms with Crippen molar-refractivity contribution >= 4 is 27.5 Å². The molecule has 3 nitrogen and oxygen atoms in total. The molecule has 0 bridgehead atoms. The van der Waals surface area contributed by atoms with E-state index in [1.165, 1.54) is 0 Å². The second kappa shape index (κ2) is 5.89. The van der Waals surface area contributed by atoms with Crippen molar-refractivity contribution in [3.05, 3.63) is 28.2 Å². The summed E-state index contributed by atoms with van der Waals surface area (Å²) in [5.74, 6) is 0.111. The molecule has 0 radical (unpaired) electrons. The molecule has 1 rings (SSSR count). The van der Waals surface area contributed by atoms with Gasteiger partial charge in [-0.15, -0.1) is 0 Å². The number of anilines is 1. The largest absolute Gasteiger partial charge is 0.384 e. The van der Waals surface area contributed by atoms with Crippen molar-refractivity contribution in [1.29, 1.82) is 5.41 Å². The molecule has 0 aliphatic heterocycles. The van der Waals surface area contributed by atoms with Crippen molar-refractivity contribution in [2.75, 3.05) is 18.5 Å². The van der Waals surface area contributed by atoms with Crippen molar-refractivity contribution in [2.24, 2.45) is 5.73 Å². The van der Waals surface area contributed by atoms with E-state index >= 15 is 0 Å². The maximum absolute atomic E-state index is 7.57. The Morgan fingerprint density at radius 2 is 2.19 bits per heavy atom. The van der Waals surface area contributed by atoms with Crippen LogP contribution in [0.5, 0.6) is 0 Å². The van der Waals surface area contributed by atoms with E-state index < -0.39 is 0 Å². The zero-order chi connectivity index (χ0) is 12.1. The fourth-order valence-electron chi connectivity index (χ4n) is 1.57. The molecule has 4 heteroatoms. The number of hydrogen-bond donors (Lipinski definition) is 2. The summed E-state index contributed by atoms with van der Waals surface area (Å²) in [7, 11) is 2.03. The highest BCUT2D eigenvalue weighted by Crippen LogP contribution is 2.23. The minimum atomic E-state index is 0.111. The summed E-state index contributed by atoms with van der Waals surface area (Å²) in [5, 5.41) is 7.57. The molecule has 0 amide bonds. The molecular weight excluding hydrogens is 266 g/mol. The van der Waals surface area contributed by atoms with E-state index in [2.05, 4.69) is 27.8 Å². The Kier molecular flexibility index (Phi) is 4.80. The quantitative estimate of drug-likeness (QED) is 0.645. The van der Waals surface area contributed by atoms with Crippen LogP contribution in [-0.4, -0.2) is 19.4 Å². The lowest BCUT2D eigenvalue weighted by atomic mass is 10.1. The van der Waals surface area contributed by atoms with Crippen LogP contribution >= 0.6 is 15.9 Å². The van der Waals surface area contributed by atoms with Gasteiger partial charge in [-0.05, 0) is 24.6 Å². The first kappa shape index (κ1) is 13.0. The van der Waals surface area contributed by atoms with E-state index in [9.17, 15) is 0 Å². The number of nitrogens with two attached hydrogens (primary N) is 1. The van der Waals surface area contributed by atoms with Gasteiger partial charge in [-0.2, -0.15) is 0 Å². The van der Waals surface area contributed by atoms with Crippen molar-refractivity contribution < 1.29 is 0 Å². The minimum Gasteiger partial charge on any atom is -0.384 e. The number of halogens is 1. The third-order valence-corrected chi connectivity index (χ3v) is 3.00. The second-order valence-electron chi connectivity index (χ2n) is 3.85. The van der Waals surface area contributed by atoms with Gasteiger partial charge < -0.3 is 10.6 Å². The highest BCUT2D eigenvalue weighted by Gasteiger charge is 2.09. The number of benzene rings is 1. The first-order chi connectivity index (χ1) is 7.56. The molecule has 0 spiro atoms. The van der Waals surface area contributed by atoms with E-state index in [1.807, 2.05) is 25.2 Å². The van der Waals surface area contributed by atoms with Crippen LogP contribution in [0.25, 0.3) is 0 Å². The fourth-order valence-corrected chi connectivity index (χ4v) is 1.93. The Bertz CT molecular complexity index is 377. The minimum absolute atomic E-state index is 0.111. The molecule has 1 aromatic rings. The van der Waals surface area contributed by atoms with Crippen molar-refractivity contribution in [3.8, 4) is 0 Å². The molecule has 16 heavy (non-hydrogen) atoms. The lowest BCUT2D eigenvalue weighted by Crippen LogP contribution is -2.23. The standard InChI is InChI=1S/C12H18BrN3/c1-3-4-7-16(2)11-6-5-9(13)8-10(11)12(14)15/h5-6,8H,3-4,7H2,1-2H3,(H3,14,15). The van der Waals surface area contributed by atoms with Gasteiger partial charge in [-0.25, -0.2) is 0 Å². The van der Waals surface area contributed by atoms with Gasteiger partial charge in [-0.3, -0.25) is 5.41 Å². The van der Waals surface area contributed by atoms with Crippen LogP contribution in [0.3, 0.4) is 0 Å². The number of nitrogens with one attached hydrogen (secondary N) is 1. The van der Waals surface area contributed by atoms with Crippen LogP contribution in [-0.2, 0) is 0 Å². The molecular formula is C12H18BrN3. The Labute approximate surface area is 105 Å².